The highest BCUT2D eigenvalue weighted by Gasteiger charge is 2.20. The van der Waals surface area contributed by atoms with Gasteiger partial charge in [-0.15, -0.1) is 0 Å². The lowest BCUT2D eigenvalue weighted by Gasteiger charge is -2.09. The molecule has 20 heavy (non-hydrogen) atoms. The number of hydrogen-bond donors (Lipinski definition) is 1. The van der Waals surface area contributed by atoms with Crippen molar-refractivity contribution in [3.05, 3.63) is 50.8 Å². The van der Waals surface area contributed by atoms with E-state index in [1.807, 2.05) is 0 Å². The van der Waals surface area contributed by atoms with E-state index in [0.717, 1.165) is 16.1 Å². The number of hydrogen-bond acceptors (Lipinski definition) is 3. The van der Waals surface area contributed by atoms with E-state index < -0.39 is 20.7 Å². The molecule has 0 saturated heterocycles. The third-order valence-corrected chi connectivity index (χ3v) is 5.18. The van der Waals surface area contributed by atoms with Crippen molar-refractivity contribution in [1.29, 1.82) is 0 Å². The summed E-state index contributed by atoms with van der Waals surface area (Å²) in [6.45, 7) is 1.80. The first-order chi connectivity index (χ1) is 9.29. The van der Waals surface area contributed by atoms with Gasteiger partial charge in [0.15, 0.2) is 0 Å². The van der Waals surface area contributed by atoms with Crippen LogP contribution in [0.5, 0.6) is 0 Å². The molecule has 0 radical (unpaired) electrons. The molecule has 0 aliphatic heterocycles. The molecule has 2 rings (SSSR count). The standard InChI is InChI=1S/C12H9Br2FN2O2S/c1-7-4-12(16-6-9(7)14)17-20(18,19)11-3-2-8(13)5-10(11)15/h2-6H,1H3,(H,16,17). The second-order valence-corrected chi connectivity index (χ2v) is 7.42. The Labute approximate surface area is 132 Å². The average molecular weight is 424 g/mol. The summed E-state index contributed by atoms with van der Waals surface area (Å²) < 4.78 is 41.4. The second-order valence-electron chi connectivity index (χ2n) is 4.00. The maximum Gasteiger partial charge on any atom is 0.265 e. The van der Waals surface area contributed by atoms with Gasteiger partial charge in [0.05, 0.1) is 0 Å². The quantitative estimate of drug-likeness (QED) is 0.815. The molecular weight excluding hydrogens is 415 g/mol. The molecule has 0 aliphatic rings. The third kappa shape index (κ3) is 3.36. The highest BCUT2D eigenvalue weighted by atomic mass is 79.9. The van der Waals surface area contributed by atoms with Crippen LogP contribution in [-0.4, -0.2) is 13.4 Å². The fourth-order valence-electron chi connectivity index (χ4n) is 1.48. The highest BCUT2D eigenvalue weighted by Crippen LogP contribution is 2.23. The molecule has 0 saturated carbocycles. The van der Waals surface area contributed by atoms with E-state index in [2.05, 4.69) is 41.6 Å². The van der Waals surface area contributed by atoms with E-state index in [9.17, 15) is 12.8 Å². The monoisotopic (exact) mass is 422 g/mol. The molecule has 1 heterocycles. The summed E-state index contributed by atoms with van der Waals surface area (Å²) in [5, 5.41) is 0. The van der Waals surface area contributed by atoms with Gasteiger partial charge >= 0.3 is 0 Å². The zero-order valence-corrected chi connectivity index (χ0v) is 14.2. The molecule has 1 N–H and O–H groups in total. The Bertz CT molecular complexity index is 766. The number of aromatic nitrogens is 1. The Morgan fingerprint density at radius 3 is 2.55 bits per heavy atom. The van der Waals surface area contributed by atoms with Crippen LogP contribution in [0.2, 0.25) is 0 Å². The van der Waals surface area contributed by atoms with Crippen LogP contribution in [0, 0.1) is 12.7 Å². The molecular formula is C12H9Br2FN2O2S. The second kappa shape index (κ2) is 5.79. The summed E-state index contributed by atoms with van der Waals surface area (Å²) in [5.74, 6) is -0.700. The minimum Gasteiger partial charge on any atom is -0.263 e. The molecule has 0 spiro atoms. The van der Waals surface area contributed by atoms with Gasteiger partial charge in [0.25, 0.3) is 10.0 Å². The Hall–Kier alpha value is -0.990. The van der Waals surface area contributed by atoms with Gasteiger partial charge in [-0.1, -0.05) is 15.9 Å². The van der Waals surface area contributed by atoms with Gasteiger partial charge < -0.3 is 0 Å². The van der Waals surface area contributed by atoms with E-state index in [1.165, 1.54) is 18.3 Å². The number of anilines is 1. The van der Waals surface area contributed by atoms with E-state index >= 15 is 0 Å². The smallest absolute Gasteiger partial charge is 0.263 e. The lowest BCUT2D eigenvalue weighted by atomic mass is 10.3. The Balaban J connectivity index is 2.38. The van der Waals surface area contributed by atoms with Crippen molar-refractivity contribution in [2.75, 3.05) is 4.72 Å². The van der Waals surface area contributed by atoms with Gasteiger partial charge in [-0.2, -0.15) is 0 Å². The molecule has 1 aromatic carbocycles. The van der Waals surface area contributed by atoms with Crippen molar-refractivity contribution < 1.29 is 12.8 Å². The van der Waals surface area contributed by atoms with Crippen molar-refractivity contribution in [1.82, 2.24) is 4.98 Å². The minimum atomic E-state index is -4.01. The van der Waals surface area contributed by atoms with Gasteiger partial charge in [-0.25, -0.2) is 17.8 Å². The molecule has 0 bridgehead atoms. The fraction of sp³-hybridized carbons (Fsp3) is 0.0833. The molecule has 0 unspecified atom stereocenters. The normalized spacial score (nSPS) is 11.4. The topological polar surface area (TPSA) is 59.1 Å². The molecule has 8 heteroatoms. The van der Waals surface area contributed by atoms with Crippen LogP contribution in [0.4, 0.5) is 10.2 Å². The van der Waals surface area contributed by atoms with Crippen LogP contribution < -0.4 is 4.72 Å². The van der Waals surface area contributed by atoms with E-state index in [1.54, 1.807) is 13.0 Å². The zero-order chi connectivity index (χ0) is 14.9. The Morgan fingerprint density at radius 1 is 1.25 bits per heavy atom. The van der Waals surface area contributed by atoms with E-state index in [-0.39, 0.29) is 5.82 Å². The molecule has 106 valence electrons. The van der Waals surface area contributed by atoms with Crippen LogP contribution >= 0.6 is 31.9 Å². The number of nitrogens with zero attached hydrogens (tertiary/aromatic N) is 1. The number of aryl methyl sites for hydroxylation is 1. The van der Waals surface area contributed by atoms with Crippen molar-refractivity contribution in [3.8, 4) is 0 Å². The minimum absolute atomic E-state index is 0.132. The summed E-state index contributed by atoms with van der Waals surface area (Å²) in [5.41, 5.74) is 0.814. The summed E-state index contributed by atoms with van der Waals surface area (Å²) in [4.78, 5) is 3.50. The molecule has 4 nitrogen and oxygen atoms in total. The fourth-order valence-corrected chi connectivity index (χ4v) is 3.09. The van der Waals surface area contributed by atoms with Crippen LogP contribution in [-0.2, 0) is 10.0 Å². The number of sulfonamides is 1. The summed E-state index contributed by atoms with van der Waals surface area (Å²) in [7, 11) is -4.01. The largest absolute Gasteiger partial charge is 0.265 e. The molecule has 1 aromatic heterocycles. The van der Waals surface area contributed by atoms with Crippen LogP contribution in [0.15, 0.2) is 44.3 Å². The predicted octanol–water partition coefficient (Wildman–Crippen LogP) is 3.85. The van der Waals surface area contributed by atoms with E-state index in [4.69, 9.17) is 0 Å². The molecule has 0 atom stereocenters. The molecule has 0 fully saturated rings. The summed E-state index contributed by atoms with van der Waals surface area (Å²) >= 11 is 6.34. The first-order valence-corrected chi connectivity index (χ1v) is 8.46. The van der Waals surface area contributed by atoms with Crippen molar-refractivity contribution in [2.45, 2.75) is 11.8 Å². The molecule has 0 amide bonds. The highest BCUT2D eigenvalue weighted by molar-refractivity contribution is 9.10. The number of pyridine rings is 1. The van der Waals surface area contributed by atoms with E-state index in [0.29, 0.717) is 4.47 Å². The number of benzene rings is 1. The van der Waals surface area contributed by atoms with Crippen LogP contribution in [0.1, 0.15) is 5.56 Å². The average Bonchev–Trinajstić information content (AvgIpc) is 2.33. The molecule has 0 aliphatic carbocycles. The van der Waals surface area contributed by atoms with Crippen LogP contribution in [0.25, 0.3) is 0 Å². The molecule has 2 aromatic rings. The van der Waals surface area contributed by atoms with Crippen molar-refractivity contribution in [2.24, 2.45) is 0 Å². The summed E-state index contributed by atoms with van der Waals surface area (Å²) in [6, 6.07) is 5.29. The van der Waals surface area contributed by atoms with Crippen molar-refractivity contribution in [3.63, 3.8) is 0 Å². The first-order valence-electron chi connectivity index (χ1n) is 5.39. The number of halogens is 3. The Morgan fingerprint density at radius 2 is 1.95 bits per heavy atom. The third-order valence-electron chi connectivity index (χ3n) is 2.47. The van der Waals surface area contributed by atoms with Crippen LogP contribution in [0.3, 0.4) is 0 Å². The SMILES string of the molecule is Cc1cc(NS(=O)(=O)c2ccc(Br)cc2F)ncc1Br. The lowest BCUT2D eigenvalue weighted by molar-refractivity contribution is 0.569. The number of nitrogens with one attached hydrogen (secondary N) is 1. The first kappa shape index (κ1) is 15.4. The maximum atomic E-state index is 13.7. The predicted molar refractivity (Wildman–Crippen MR) is 81.6 cm³/mol. The van der Waals surface area contributed by atoms with Gasteiger partial charge in [0.2, 0.25) is 0 Å². The number of rotatable bonds is 3. The van der Waals surface area contributed by atoms with Crippen molar-refractivity contribution >= 4 is 47.7 Å². The van der Waals surface area contributed by atoms with Gasteiger partial charge in [0, 0.05) is 15.1 Å². The lowest BCUT2D eigenvalue weighted by Crippen LogP contribution is -2.15. The maximum absolute atomic E-state index is 13.7. The van der Waals surface area contributed by atoms with Gasteiger partial charge in [-0.3, -0.25) is 4.72 Å². The Kier molecular flexibility index (Phi) is 4.46. The van der Waals surface area contributed by atoms with Gasteiger partial charge in [0.1, 0.15) is 16.5 Å². The summed E-state index contributed by atoms with van der Waals surface area (Å²) in [6.07, 6.45) is 1.48. The van der Waals surface area contributed by atoms with Gasteiger partial charge in [-0.05, 0) is 52.7 Å². The zero-order valence-electron chi connectivity index (χ0n) is 10.2.